The number of nitriles is 1. The summed E-state index contributed by atoms with van der Waals surface area (Å²) < 4.78 is 1.88. The standard InChI is InChI=1S/C15H22N4O/c1-12-13(8-14(9-16)18(12)2)10-17-11-15(20)19-6-4-3-5-7-19/h8,17H,3-7,10-11H2,1-2H3. The lowest BCUT2D eigenvalue weighted by Crippen LogP contribution is -2.41. The Morgan fingerprint density at radius 2 is 2.10 bits per heavy atom. The van der Waals surface area contributed by atoms with Gasteiger partial charge in [-0.25, -0.2) is 0 Å². The summed E-state index contributed by atoms with van der Waals surface area (Å²) in [7, 11) is 1.89. The predicted molar refractivity (Wildman–Crippen MR) is 77.0 cm³/mol. The highest BCUT2D eigenvalue weighted by molar-refractivity contribution is 5.78. The summed E-state index contributed by atoms with van der Waals surface area (Å²) in [6, 6.07) is 4.05. The van der Waals surface area contributed by atoms with E-state index >= 15 is 0 Å². The fraction of sp³-hybridized carbons (Fsp3) is 0.600. The van der Waals surface area contributed by atoms with Gasteiger partial charge in [-0.15, -0.1) is 0 Å². The number of nitrogens with one attached hydrogen (secondary N) is 1. The Morgan fingerprint density at radius 1 is 1.40 bits per heavy atom. The molecule has 1 aliphatic heterocycles. The van der Waals surface area contributed by atoms with Crippen molar-refractivity contribution in [2.24, 2.45) is 7.05 Å². The van der Waals surface area contributed by atoms with Crippen LogP contribution in [-0.4, -0.2) is 35.0 Å². The van der Waals surface area contributed by atoms with Gasteiger partial charge in [-0.05, 0) is 37.8 Å². The van der Waals surface area contributed by atoms with E-state index in [0.717, 1.165) is 37.2 Å². The first-order chi connectivity index (χ1) is 9.63. The second kappa shape index (κ2) is 6.58. The van der Waals surface area contributed by atoms with Crippen LogP contribution in [0.5, 0.6) is 0 Å². The largest absolute Gasteiger partial charge is 0.342 e. The Hall–Kier alpha value is -1.80. The van der Waals surface area contributed by atoms with Crippen molar-refractivity contribution >= 4 is 5.91 Å². The number of hydrogen-bond acceptors (Lipinski definition) is 3. The maximum atomic E-state index is 12.0. The molecule has 20 heavy (non-hydrogen) atoms. The Labute approximate surface area is 120 Å². The third-order valence-corrected chi connectivity index (χ3v) is 4.06. The number of aromatic nitrogens is 1. The second-order valence-electron chi connectivity index (χ2n) is 5.36. The van der Waals surface area contributed by atoms with E-state index in [2.05, 4.69) is 11.4 Å². The molecule has 0 aromatic carbocycles. The number of carbonyl (C=O) groups excluding carboxylic acids is 1. The van der Waals surface area contributed by atoms with Crippen molar-refractivity contribution in [2.45, 2.75) is 32.7 Å². The molecule has 0 unspecified atom stereocenters. The van der Waals surface area contributed by atoms with Gasteiger partial charge in [-0.3, -0.25) is 4.79 Å². The van der Waals surface area contributed by atoms with Crippen LogP contribution in [0.3, 0.4) is 0 Å². The fourth-order valence-electron chi connectivity index (χ4n) is 2.61. The molecule has 1 aromatic heterocycles. The molecule has 0 saturated carbocycles. The molecule has 108 valence electrons. The minimum atomic E-state index is 0.179. The molecular weight excluding hydrogens is 252 g/mol. The third kappa shape index (κ3) is 3.20. The summed E-state index contributed by atoms with van der Waals surface area (Å²) in [6.45, 7) is 4.77. The average Bonchev–Trinajstić information content (AvgIpc) is 2.76. The summed E-state index contributed by atoms with van der Waals surface area (Å²) in [5.74, 6) is 0.179. The number of piperidine rings is 1. The molecule has 2 heterocycles. The molecule has 0 bridgehead atoms. The minimum absolute atomic E-state index is 0.179. The summed E-state index contributed by atoms with van der Waals surface area (Å²) in [5, 5.41) is 12.2. The first-order valence-electron chi connectivity index (χ1n) is 7.17. The SMILES string of the molecule is Cc1c(CNCC(=O)N2CCCCC2)cc(C#N)n1C. The second-order valence-corrected chi connectivity index (χ2v) is 5.36. The van der Waals surface area contributed by atoms with Gasteiger partial charge in [0, 0.05) is 32.4 Å². The van der Waals surface area contributed by atoms with Crippen molar-refractivity contribution in [2.75, 3.05) is 19.6 Å². The van der Waals surface area contributed by atoms with E-state index in [9.17, 15) is 4.79 Å². The molecule has 1 N–H and O–H groups in total. The van der Waals surface area contributed by atoms with Crippen LogP contribution in [0.4, 0.5) is 0 Å². The Kier molecular flexibility index (Phi) is 4.80. The molecule has 1 saturated heterocycles. The molecule has 2 rings (SSSR count). The van der Waals surface area contributed by atoms with E-state index < -0.39 is 0 Å². The third-order valence-electron chi connectivity index (χ3n) is 4.06. The zero-order valence-corrected chi connectivity index (χ0v) is 12.3. The van der Waals surface area contributed by atoms with Crippen LogP contribution in [0.15, 0.2) is 6.07 Å². The summed E-state index contributed by atoms with van der Waals surface area (Å²) in [5.41, 5.74) is 2.80. The van der Waals surface area contributed by atoms with Crippen molar-refractivity contribution < 1.29 is 4.79 Å². The van der Waals surface area contributed by atoms with Crippen LogP contribution in [-0.2, 0) is 18.4 Å². The van der Waals surface area contributed by atoms with E-state index in [0.29, 0.717) is 18.8 Å². The van der Waals surface area contributed by atoms with Gasteiger partial charge >= 0.3 is 0 Å². The van der Waals surface area contributed by atoms with Gasteiger partial charge < -0.3 is 14.8 Å². The van der Waals surface area contributed by atoms with Crippen LogP contribution < -0.4 is 5.32 Å². The first-order valence-corrected chi connectivity index (χ1v) is 7.17. The highest BCUT2D eigenvalue weighted by atomic mass is 16.2. The van der Waals surface area contributed by atoms with E-state index in [4.69, 9.17) is 5.26 Å². The highest BCUT2D eigenvalue weighted by Gasteiger charge is 2.16. The van der Waals surface area contributed by atoms with Crippen molar-refractivity contribution in [1.29, 1.82) is 5.26 Å². The maximum absolute atomic E-state index is 12.0. The average molecular weight is 274 g/mol. The predicted octanol–water partition coefficient (Wildman–Crippen LogP) is 1.31. The molecule has 1 aliphatic rings. The van der Waals surface area contributed by atoms with Gasteiger partial charge in [0.15, 0.2) is 0 Å². The lowest BCUT2D eigenvalue weighted by Gasteiger charge is -2.26. The summed E-state index contributed by atoms with van der Waals surface area (Å²) >= 11 is 0. The Balaban J connectivity index is 1.84. The number of nitrogens with zero attached hydrogens (tertiary/aromatic N) is 3. The molecule has 0 radical (unpaired) electrons. The molecule has 1 amide bonds. The van der Waals surface area contributed by atoms with Crippen molar-refractivity contribution in [3.63, 3.8) is 0 Å². The zero-order valence-electron chi connectivity index (χ0n) is 12.3. The van der Waals surface area contributed by atoms with Gasteiger partial charge in [0.2, 0.25) is 5.91 Å². The lowest BCUT2D eigenvalue weighted by atomic mass is 10.1. The maximum Gasteiger partial charge on any atom is 0.236 e. The molecular formula is C15H22N4O. The van der Waals surface area contributed by atoms with Crippen molar-refractivity contribution in [3.8, 4) is 6.07 Å². The van der Waals surface area contributed by atoms with E-state index in [1.54, 1.807) is 0 Å². The van der Waals surface area contributed by atoms with Crippen LogP contribution >= 0.6 is 0 Å². The van der Waals surface area contributed by atoms with Gasteiger partial charge in [0.1, 0.15) is 11.8 Å². The molecule has 0 atom stereocenters. The smallest absolute Gasteiger partial charge is 0.236 e. The van der Waals surface area contributed by atoms with Gasteiger partial charge in [0.25, 0.3) is 0 Å². The first kappa shape index (κ1) is 14.6. The van der Waals surface area contributed by atoms with Crippen molar-refractivity contribution in [1.82, 2.24) is 14.8 Å². The molecule has 0 spiro atoms. The normalized spacial score (nSPS) is 15.2. The van der Waals surface area contributed by atoms with E-state index in [-0.39, 0.29) is 5.91 Å². The fourth-order valence-corrected chi connectivity index (χ4v) is 2.61. The Bertz CT molecular complexity index is 521. The van der Waals surface area contributed by atoms with Crippen LogP contribution in [0.1, 0.15) is 36.2 Å². The topological polar surface area (TPSA) is 61.1 Å². The van der Waals surface area contributed by atoms with Crippen LogP contribution in [0, 0.1) is 18.3 Å². The molecule has 1 fully saturated rings. The van der Waals surface area contributed by atoms with Crippen molar-refractivity contribution in [3.05, 3.63) is 23.0 Å². The van der Waals surface area contributed by atoms with Crippen LogP contribution in [0.25, 0.3) is 0 Å². The van der Waals surface area contributed by atoms with Gasteiger partial charge in [0.05, 0.1) is 6.54 Å². The lowest BCUT2D eigenvalue weighted by molar-refractivity contribution is -0.131. The molecule has 1 aromatic rings. The monoisotopic (exact) mass is 274 g/mol. The molecule has 5 heteroatoms. The minimum Gasteiger partial charge on any atom is -0.342 e. The number of carbonyl (C=O) groups is 1. The molecule has 0 aliphatic carbocycles. The quantitative estimate of drug-likeness (QED) is 0.900. The van der Waals surface area contributed by atoms with E-state index in [1.807, 2.05) is 29.5 Å². The number of amides is 1. The van der Waals surface area contributed by atoms with Gasteiger partial charge in [-0.2, -0.15) is 5.26 Å². The van der Waals surface area contributed by atoms with Crippen LogP contribution in [0.2, 0.25) is 0 Å². The Morgan fingerprint density at radius 3 is 2.70 bits per heavy atom. The number of rotatable bonds is 4. The van der Waals surface area contributed by atoms with E-state index in [1.165, 1.54) is 6.42 Å². The highest BCUT2D eigenvalue weighted by Crippen LogP contribution is 2.13. The number of likely N-dealkylation sites (tertiary alicyclic amines) is 1. The van der Waals surface area contributed by atoms with Gasteiger partial charge in [-0.1, -0.05) is 0 Å². The zero-order chi connectivity index (χ0) is 14.5. The summed E-state index contributed by atoms with van der Waals surface area (Å²) in [6.07, 6.45) is 3.47. The number of hydrogen-bond donors (Lipinski definition) is 1. The molecule has 5 nitrogen and oxygen atoms in total. The summed E-state index contributed by atoms with van der Waals surface area (Å²) in [4.78, 5) is 13.9.